The third kappa shape index (κ3) is 3.41. The predicted molar refractivity (Wildman–Crippen MR) is 82.9 cm³/mol. The van der Waals surface area contributed by atoms with E-state index >= 15 is 0 Å². The summed E-state index contributed by atoms with van der Waals surface area (Å²) >= 11 is 1.44. The Hall–Kier alpha value is -1.05. The van der Waals surface area contributed by atoms with Gasteiger partial charge in [0, 0.05) is 18.8 Å². The molecular weight excluding hydrogens is 310 g/mol. The highest BCUT2D eigenvalue weighted by atomic mass is 32.2. The minimum Gasteiger partial charge on any atom is -0.468 e. The van der Waals surface area contributed by atoms with Crippen LogP contribution in [-0.4, -0.2) is 49.9 Å². The smallest absolute Gasteiger partial charge is 0.320 e. The van der Waals surface area contributed by atoms with Crippen LogP contribution in [0, 0.1) is 13.8 Å². The van der Waals surface area contributed by atoms with Crippen molar-refractivity contribution in [3.63, 3.8) is 0 Å². The van der Waals surface area contributed by atoms with Crippen LogP contribution in [0.2, 0.25) is 0 Å². The molecule has 1 saturated heterocycles. The molecule has 0 unspecified atom stereocenters. The Morgan fingerprint density at radius 3 is 2.71 bits per heavy atom. The Kier molecular flexibility index (Phi) is 4.95. The molecule has 0 N–H and O–H groups in total. The molecule has 0 radical (unpaired) electrons. The first-order valence-corrected chi connectivity index (χ1v) is 9.12. The Morgan fingerprint density at radius 1 is 1.38 bits per heavy atom. The molecule has 5 nitrogen and oxygen atoms in total. The number of sulfonamides is 1. The molecule has 0 saturated carbocycles. The van der Waals surface area contributed by atoms with E-state index < -0.39 is 15.3 Å². The van der Waals surface area contributed by atoms with Crippen molar-refractivity contribution in [2.75, 3.05) is 26.0 Å². The molecule has 0 aliphatic carbocycles. The topological polar surface area (TPSA) is 63.7 Å². The molecule has 0 amide bonds. The van der Waals surface area contributed by atoms with Crippen LogP contribution >= 0.6 is 11.8 Å². The van der Waals surface area contributed by atoms with Gasteiger partial charge >= 0.3 is 5.97 Å². The molecule has 0 aromatic heterocycles. The van der Waals surface area contributed by atoms with Gasteiger partial charge in [-0.15, -0.1) is 11.8 Å². The minimum absolute atomic E-state index is 0.160. The van der Waals surface area contributed by atoms with E-state index in [2.05, 4.69) is 0 Å². The largest absolute Gasteiger partial charge is 0.468 e. The average molecular weight is 329 g/mol. The zero-order chi connectivity index (χ0) is 15.6. The fraction of sp³-hybridized carbons (Fsp3) is 0.500. The molecule has 7 heteroatoms. The number of methoxy groups -OCH3 is 1. The third-order valence-corrected chi connectivity index (χ3v) is 6.63. The maximum atomic E-state index is 12.7. The van der Waals surface area contributed by atoms with Crippen LogP contribution in [0.1, 0.15) is 11.1 Å². The minimum atomic E-state index is -3.57. The Morgan fingerprint density at radius 2 is 2.10 bits per heavy atom. The first-order valence-electron chi connectivity index (χ1n) is 6.63. The Balaban J connectivity index is 2.28. The van der Waals surface area contributed by atoms with Gasteiger partial charge in [0.1, 0.15) is 5.25 Å². The first-order chi connectivity index (χ1) is 9.86. The molecule has 2 rings (SSSR count). The highest BCUT2D eigenvalue weighted by Gasteiger charge is 2.34. The van der Waals surface area contributed by atoms with E-state index in [1.165, 1.54) is 23.2 Å². The summed E-state index contributed by atoms with van der Waals surface area (Å²) in [4.78, 5) is 11.9. The fourth-order valence-electron chi connectivity index (χ4n) is 2.35. The monoisotopic (exact) mass is 329 g/mol. The normalized spacial score (nSPS) is 20.2. The van der Waals surface area contributed by atoms with Crippen molar-refractivity contribution in [2.45, 2.75) is 24.0 Å². The van der Waals surface area contributed by atoms with E-state index in [0.717, 1.165) is 11.1 Å². The molecule has 0 bridgehead atoms. The molecule has 1 aliphatic heterocycles. The number of thioether (sulfide) groups is 1. The van der Waals surface area contributed by atoms with Gasteiger partial charge in [-0.05, 0) is 25.5 Å². The highest BCUT2D eigenvalue weighted by molar-refractivity contribution is 8.00. The number of benzene rings is 1. The molecule has 0 spiro atoms. The van der Waals surface area contributed by atoms with Gasteiger partial charge in [0.25, 0.3) is 0 Å². The van der Waals surface area contributed by atoms with Crippen LogP contribution in [0.5, 0.6) is 0 Å². The maximum Gasteiger partial charge on any atom is 0.320 e. The molecule has 1 aromatic rings. The number of carbonyl (C=O) groups is 1. The quantitative estimate of drug-likeness (QED) is 0.788. The number of ether oxygens (including phenoxy) is 1. The lowest BCUT2D eigenvalue weighted by Gasteiger charge is -2.30. The molecular formula is C14H19NO4S2. The summed E-state index contributed by atoms with van der Waals surface area (Å²) in [5.74, 6) is 0.213. The van der Waals surface area contributed by atoms with Gasteiger partial charge in [-0.1, -0.05) is 17.7 Å². The van der Waals surface area contributed by atoms with E-state index in [0.29, 0.717) is 17.2 Å². The lowest BCUT2D eigenvalue weighted by molar-refractivity contribution is -0.140. The number of esters is 1. The Bertz CT molecular complexity index is 642. The van der Waals surface area contributed by atoms with Crippen LogP contribution in [0.25, 0.3) is 0 Å². The average Bonchev–Trinajstić information content (AvgIpc) is 2.46. The second-order valence-electron chi connectivity index (χ2n) is 5.01. The van der Waals surface area contributed by atoms with Crippen LogP contribution in [0.3, 0.4) is 0 Å². The summed E-state index contributed by atoms with van der Waals surface area (Å²) in [6.45, 7) is 4.28. The second-order valence-corrected chi connectivity index (χ2v) is 8.23. The third-order valence-electron chi connectivity index (χ3n) is 3.44. The van der Waals surface area contributed by atoms with Gasteiger partial charge in [-0.25, -0.2) is 8.42 Å². The molecule has 1 fully saturated rings. The van der Waals surface area contributed by atoms with Gasteiger partial charge in [-0.3, -0.25) is 4.79 Å². The van der Waals surface area contributed by atoms with E-state index in [9.17, 15) is 13.2 Å². The summed E-state index contributed by atoms with van der Waals surface area (Å²) in [7, 11) is -2.25. The van der Waals surface area contributed by atoms with Gasteiger partial charge in [0.15, 0.2) is 0 Å². The summed E-state index contributed by atoms with van der Waals surface area (Å²) in [5.41, 5.74) is 1.75. The van der Waals surface area contributed by atoms with Crippen molar-refractivity contribution in [2.24, 2.45) is 0 Å². The van der Waals surface area contributed by atoms with Crippen molar-refractivity contribution in [3.05, 3.63) is 29.3 Å². The summed E-state index contributed by atoms with van der Waals surface area (Å²) in [5, 5.41) is -0.454. The number of hydrogen-bond donors (Lipinski definition) is 0. The lowest BCUT2D eigenvalue weighted by Crippen LogP contribution is -2.45. The number of rotatable bonds is 3. The van der Waals surface area contributed by atoms with Crippen molar-refractivity contribution in [1.82, 2.24) is 4.31 Å². The first kappa shape index (κ1) is 16.3. The molecule has 1 heterocycles. The molecule has 1 aliphatic rings. The predicted octanol–water partition coefficient (Wildman–Crippen LogP) is 1.58. The maximum absolute atomic E-state index is 12.7. The number of carbonyl (C=O) groups excluding carboxylic acids is 1. The molecule has 1 aromatic carbocycles. The number of nitrogens with zero attached hydrogens (tertiary/aromatic N) is 1. The fourth-order valence-corrected chi connectivity index (χ4v) is 5.34. The van der Waals surface area contributed by atoms with E-state index in [-0.39, 0.29) is 12.5 Å². The van der Waals surface area contributed by atoms with E-state index in [4.69, 9.17) is 4.74 Å². The molecule has 116 valence electrons. The highest BCUT2D eigenvalue weighted by Crippen LogP contribution is 2.27. The van der Waals surface area contributed by atoms with Crippen molar-refractivity contribution in [1.29, 1.82) is 0 Å². The summed E-state index contributed by atoms with van der Waals surface area (Å²) in [6.07, 6.45) is 0. The van der Waals surface area contributed by atoms with Crippen LogP contribution in [-0.2, 0) is 19.6 Å². The van der Waals surface area contributed by atoms with Gasteiger partial charge < -0.3 is 4.74 Å². The number of hydrogen-bond acceptors (Lipinski definition) is 5. The van der Waals surface area contributed by atoms with Crippen molar-refractivity contribution in [3.8, 4) is 0 Å². The van der Waals surface area contributed by atoms with Gasteiger partial charge in [0.05, 0.1) is 12.0 Å². The van der Waals surface area contributed by atoms with Gasteiger partial charge in [-0.2, -0.15) is 4.31 Å². The molecule has 21 heavy (non-hydrogen) atoms. The van der Waals surface area contributed by atoms with Crippen molar-refractivity contribution >= 4 is 27.8 Å². The standard InChI is InChI=1S/C14H19NO4S2/c1-10-4-5-13(11(2)8-10)21(17,18)15-6-7-20-12(9-15)14(16)19-3/h4-5,8,12H,6-7,9H2,1-3H3/t12-/m0/s1. The number of aryl methyl sites for hydroxylation is 2. The lowest BCUT2D eigenvalue weighted by atomic mass is 10.2. The Labute approximate surface area is 129 Å². The van der Waals surface area contributed by atoms with Gasteiger partial charge in [0.2, 0.25) is 10.0 Å². The molecule has 1 atom stereocenters. The zero-order valence-corrected chi connectivity index (χ0v) is 14.0. The van der Waals surface area contributed by atoms with Crippen LogP contribution in [0.4, 0.5) is 0 Å². The van der Waals surface area contributed by atoms with Crippen LogP contribution in [0.15, 0.2) is 23.1 Å². The van der Waals surface area contributed by atoms with E-state index in [1.54, 1.807) is 19.1 Å². The SMILES string of the molecule is COC(=O)[C@@H]1CN(S(=O)(=O)c2ccc(C)cc2C)CCS1. The second kappa shape index (κ2) is 6.37. The van der Waals surface area contributed by atoms with Crippen molar-refractivity contribution < 1.29 is 17.9 Å². The summed E-state index contributed by atoms with van der Waals surface area (Å²) in [6, 6.07) is 5.27. The zero-order valence-electron chi connectivity index (χ0n) is 12.3. The summed E-state index contributed by atoms with van der Waals surface area (Å²) < 4.78 is 31.6. The van der Waals surface area contributed by atoms with E-state index in [1.807, 2.05) is 13.0 Å². The van der Waals surface area contributed by atoms with Crippen LogP contribution < -0.4 is 0 Å².